The van der Waals surface area contributed by atoms with Crippen LogP contribution in [0.25, 0.3) is 0 Å². The van der Waals surface area contributed by atoms with Gasteiger partial charge in [-0.15, -0.1) is 0 Å². The number of nitrogens with one attached hydrogen (secondary N) is 1. The maximum atomic E-state index is 12.3. The second-order valence-electron chi connectivity index (χ2n) is 4.91. The quantitative estimate of drug-likeness (QED) is 0.741. The van der Waals surface area contributed by atoms with E-state index >= 15 is 0 Å². The minimum Gasteiger partial charge on any atom is -0.496 e. The second-order valence-corrected chi connectivity index (χ2v) is 8.50. The highest BCUT2D eigenvalue weighted by Crippen LogP contribution is 2.21. The van der Waals surface area contributed by atoms with E-state index in [0.717, 1.165) is 6.26 Å². The third kappa shape index (κ3) is 4.32. The number of hydrogen-bond acceptors (Lipinski definition) is 6. The Bertz CT molecular complexity index is 922. The molecule has 0 unspecified atom stereocenters. The number of sulfonamides is 1. The van der Waals surface area contributed by atoms with Crippen LogP contribution in [0.2, 0.25) is 0 Å². The number of sulfone groups is 1. The number of para-hydroxylation sites is 1. The Morgan fingerprint density at radius 3 is 2.12 bits per heavy atom. The number of methoxy groups -OCH3 is 1. The molecule has 7 nitrogen and oxygen atoms in total. The molecule has 130 valence electrons. The van der Waals surface area contributed by atoms with E-state index in [-0.39, 0.29) is 16.4 Å². The highest BCUT2D eigenvalue weighted by Gasteiger charge is 2.23. The van der Waals surface area contributed by atoms with Crippen molar-refractivity contribution in [2.45, 2.75) is 16.4 Å². The van der Waals surface area contributed by atoms with Crippen LogP contribution in [0, 0.1) is 0 Å². The van der Waals surface area contributed by atoms with Crippen molar-refractivity contribution in [2.24, 2.45) is 0 Å². The molecule has 0 aliphatic heterocycles. The zero-order chi connectivity index (χ0) is 17.8. The van der Waals surface area contributed by atoms with Gasteiger partial charge >= 0.3 is 0 Å². The number of hydrogen-bond donors (Lipinski definition) is 1. The highest BCUT2D eigenvalue weighted by atomic mass is 32.2. The minimum absolute atomic E-state index is 0.0791. The average molecular weight is 371 g/mol. The van der Waals surface area contributed by atoms with Crippen molar-refractivity contribution >= 4 is 19.9 Å². The molecule has 0 fully saturated rings. The van der Waals surface area contributed by atoms with Crippen LogP contribution < -0.4 is 9.62 Å². The first-order chi connectivity index (χ1) is 11.3. The fourth-order valence-corrected chi connectivity index (χ4v) is 4.47. The smallest absolute Gasteiger partial charge is 0.263 e. The molecule has 9 heteroatoms. The molecule has 0 heterocycles. The largest absolute Gasteiger partial charge is 0.496 e. The van der Waals surface area contributed by atoms with E-state index in [1.807, 2.05) is 4.89 Å². The van der Waals surface area contributed by atoms with Gasteiger partial charge in [-0.05, 0) is 18.2 Å². The van der Waals surface area contributed by atoms with Crippen LogP contribution in [0.3, 0.4) is 0 Å². The molecule has 2 rings (SSSR count). The van der Waals surface area contributed by atoms with E-state index in [1.165, 1.54) is 31.4 Å². The molecule has 0 saturated heterocycles. The molecular weight excluding hydrogens is 354 g/mol. The molecular formula is C15H17NO6S2. The Kier molecular flexibility index (Phi) is 5.60. The first-order valence-electron chi connectivity index (χ1n) is 6.80. The molecule has 0 aliphatic carbocycles. The van der Waals surface area contributed by atoms with Crippen LogP contribution in [0.15, 0.2) is 58.3 Å². The van der Waals surface area contributed by atoms with Gasteiger partial charge in [-0.1, -0.05) is 35.2 Å². The van der Waals surface area contributed by atoms with Crippen molar-refractivity contribution in [1.29, 1.82) is 0 Å². The molecule has 0 aliphatic rings. The van der Waals surface area contributed by atoms with Gasteiger partial charge in [0.2, 0.25) is 0 Å². The molecule has 0 bridgehead atoms. The summed E-state index contributed by atoms with van der Waals surface area (Å²) in [6, 6.07) is 12.3. The fraction of sp³-hybridized carbons (Fsp3) is 0.200. The van der Waals surface area contributed by atoms with Crippen LogP contribution in [0.5, 0.6) is 5.75 Å². The molecule has 1 N–H and O–H groups in total. The summed E-state index contributed by atoms with van der Waals surface area (Å²) in [5, 5.41) is 0. The monoisotopic (exact) mass is 371 g/mol. The van der Waals surface area contributed by atoms with E-state index in [2.05, 4.69) is 0 Å². The summed E-state index contributed by atoms with van der Waals surface area (Å²) in [6.45, 7) is -0.0791. The number of benzene rings is 2. The summed E-state index contributed by atoms with van der Waals surface area (Å²) < 4.78 is 53.2. The van der Waals surface area contributed by atoms with Crippen LogP contribution in [-0.4, -0.2) is 30.2 Å². The maximum Gasteiger partial charge on any atom is 0.263 e. The van der Waals surface area contributed by atoms with Gasteiger partial charge in [0, 0.05) is 11.8 Å². The first kappa shape index (κ1) is 18.4. The van der Waals surface area contributed by atoms with Gasteiger partial charge < -0.3 is 4.74 Å². The normalized spacial score (nSPS) is 12.1. The molecule has 0 aromatic heterocycles. The van der Waals surface area contributed by atoms with Crippen molar-refractivity contribution < 1.29 is 26.4 Å². The first-order valence-corrected chi connectivity index (χ1v) is 10.2. The maximum absolute atomic E-state index is 12.3. The Balaban J connectivity index is 2.19. The van der Waals surface area contributed by atoms with Crippen LogP contribution in [-0.2, 0) is 31.3 Å². The number of ether oxygens (including phenoxy) is 1. The van der Waals surface area contributed by atoms with Crippen molar-refractivity contribution in [3.8, 4) is 5.75 Å². The van der Waals surface area contributed by atoms with E-state index in [1.54, 1.807) is 24.3 Å². The van der Waals surface area contributed by atoms with Crippen LogP contribution in [0.1, 0.15) is 5.56 Å². The Hall–Kier alpha value is -1.94. The summed E-state index contributed by atoms with van der Waals surface area (Å²) in [7, 11) is -6.36. The molecule has 0 radical (unpaired) electrons. The van der Waals surface area contributed by atoms with Crippen molar-refractivity contribution in [3.63, 3.8) is 0 Å². The zero-order valence-electron chi connectivity index (χ0n) is 13.1. The van der Waals surface area contributed by atoms with Gasteiger partial charge in [0.05, 0.1) is 18.6 Å². The third-order valence-electron chi connectivity index (χ3n) is 3.13. The Labute approximate surface area is 141 Å². The van der Waals surface area contributed by atoms with Gasteiger partial charge in [0.15, 0.2) is 9.84 Å². The summed E-state index contributed by atoms with van der Waals surface area (Å²) >= 11 is 0. The second kappa shape index (κ2) is 7.31. The molecule has 0 atom stereocenters. The Morgan fingerprint density at radius 1 is 0.917 bits per heavy atom. The lowest BCUT2D eigenvalue weighted by Crippen LogP contribution is -2.25. The summed E-state index contributed by atoms with van der Waals surface area (Å²) in [5.74, 6) is 0.549. The third-order valence-corrected chi connectivity index (χ3v) is 5.68. The van der Waals surface area contributed by atoms with Gasteiger partial charge in [-0.25, -0.2) is 16.8 Å². The van der Waals surface area contributed by atoms with Crippen LogP contribution in [0.4, 0.5) is 0 Å². The molecule has 0 saturated carbocycles. The lowest BCUT2D eigenvalue weighted by molar-refractivity contribution is 0.0779. The van der Waals surface area contributed by atoms with E-state index in [0.29, 0.717) is 11.3 Å². The lowest BCUT2D eigenvalue weighted by atomic mass is 10.2. The fourth-order valence-electron chi connectivity index (χ4n) is 2.03. The predicted octanol–water partition coefficient (Wildman–Crippen LogP) is 1.51. The van der Waals surface area contributed by atoms with Crippen molar-refractivity contribution in [3.05, 3.63) is 54.1 Å². The minimum atomic E-state index is -4.16. The molecule has 2 aromatic carbocycles. The Morgan fingerprint density at radius 2 is 1.50 bits per heavy atom. The summed E-state index contributed by atoms with van der Waals surface area (Å²) in [4.78, 5) is 6.31. The molecule has 24 heavy (non-hydrogen) atoms. The SMILES string of the molecule is COc1ccccc1CONS(=O)(=O)c1ccccc1S(C)(=O)=O. The van der Waals surface area contributed by atoms with Crippen molar-refractivity contribution in [1.82, 2.24) is 4.89 Å². The van der Waals surface area contributed by atoms with Gasteiger partial charge in [-0.2, -0.15) is 0 Å². The van der Waals surface area contributed by atoms with Gasteiger partial charge in [0.25, 0.3) is 10.0 Å². The van der Waals surface area contributed by atoms with E-state index in [9.17, 15) is 16.8 Å². The lowest BCUT2D eigenvalue weighted by Gasteiger charge is -2.11. The summed E-state index contributed by atoms with van der Waals surface area (Å²) in [5.41, 5.74) is 0.638. The zero-order valence-corrected chi connectivity index (χ0v) is 14.7. The van der Waals surface area contributed by atoms with Gasteiger partial charge in [-0.3, -0.25) is 4.84 Å². The standard InChI is InChI=1S/C15H17NO6S2/c1-21-13-8-4-3-7-12(13)11-22-16-24(19,20)15-10-6-5-9-14(15)23(2,17)18/h3-10,16H,11H2,1-2H3. The summed E-state index contributed by atoms with van der Waals surface area (Å²) in [6.07, 6.45) is 0.942. The average Bonchev–Trinajstić information content (AvgIpc) is 2.54. The molecule has 0 spiro atoms. The van der Waals surface area contributed by atoms with E-state index < -0.39 is 19.9 Å². The predicted molar refractivity (Wildman–Crippen MR) is 87.7 cm³/mol. The molecule has 2 aromatic rings. The van der Waals surface area contributed by atoms with Crippen molar-refractivity contribution in [2.75, 3.05) is 13.4 Å². The highest BCUT2D eigenvalue weighted by molar-refractivity contribution is 7.93. The van der Waals surface area contributed by atoms with Gasteiger partial charge in [0.1, 0.15) is 10.6 Å². The van der Waals surface area contributed by atoms with Crippen LogP contribution >= 0.6 is 0 Å². The molecule has 0 amide bonds. The van der Waals surface area contributed by atoms with E-state index in [4.69, 9.17) is 9.57 Å². The number of rotatable bonds is 7. The topological polar surface area (TPSA) is 98.8 Å².